The molecule has 1 amide bonds. The predicted octanol–water partition coefficient (Wildman–Crippen LogP) is 4.30. The first-order chi connectivity index (χ1) is 16.1. The van der Waals surface area contributed by atoms with E-state index in [1.54, 1.807) is 0 Å². The van der Waals surface area contributed by atoms with Crippen molar-refractivity contribution in [3.63, 3.8) is 0 Å². The van der Waals surface area contributed by atoms with E-state index in [0.29, 0.717) is 6.42 Å². The molecule has 0 saturated heterocycles. The molecular formula is C26H27NO6. The minimum Gasteiger partial charge on any atom is -0.459 e. The second kappa shape index (κ2) is 13.0. The van der Waals surface area contributed by atoms with Gasteiger partial charge in [0.2, 0.25) is 0 Å². The fourth-order valence-corrected chi connectivity index (χ4v) is 3.17. The summed E-state index contributed by atoms with van der Waals surface area (Å²) >= 11 is 0. The zero-order chi connectivity index (χ0) is 23.3. The van der Waals surface area contributed by atoms with Gasteiger partial charge in [-0.1, -0.05) is 84.9 Å². The lowest BCUT2D eigenvalue weighted by atomic mass is 10.0. The van der Waals surface area contributed by atoms with Gasteiger partial charge in [-0.25, -0.2) is 14.5 Å². The smallest absolute Gasteiger partial charge is 0.408 e. The van der Waals surface area contributed by atoms with Crippen molar-refractivity contribution in [2.45, 2.75) is 32.1 Å². The van der Waals surface area contributed by atoms with Crippen molar-refractivity contribution in [2.75, 3.05) is 6.61 Å². The Bertz CT molecular complexity index is 992. The first-order valence-corrected chi connectivity index (χ1v) is 10.7. The van der Waals surface area contributed by atoms with Gasteiger partial charge < -0.3 is 14.8 Å². The number of carbonyl (C=O) groups excluding carboxylic acids is 2. The van der Waals surface area contributed by atoms with E-state index in [0.717, 1.165) is 22.3 Å². The molecule has 0 aliphatic rings. The van der Waals surface area contributed by atoms with E-state index in [9.17, 15) is 9.59 Å². The summed E-state index contributed by atoms with van der Waals surface area (Å²) in [4.78, 5) is 29.3. The quantitative estimate of drug-likeness (QED) is 0.258. The third-order valence-electron chi connectivity index (χ3n) is 4.96. The summed E-state index contributed by atoms with van der Waals surface area (Å²) < 4.78 is 10.7. The van der Waals surface area contributed by atoms with E-state index in [2.05, 4.69) is 10.2 Å². The lowest BCUT2D eigenvalue weighted by molar-refractivity contribution is -0.241. The second-order valence-corrected chi connectivity index (χ2v) is 7.46. The average Bonchev–Trinajstić information content (AvgIpc) is 2.86. The lowest BCUT2D eigenvalue weighted by Crippen LogP contribution is -2.43. The number of amides is 1. The number of alkyl carbamates (subject to hydrolysis) is 1. The second-order valence-electron chi connectivity index (χ2n) is 7.46. The molecule has 0 saturated carbocycles. The number of rotatable bonds is 11. The molecule has 1 atom stereocenters. The molecule has 3 rings (SSSR count). The summed E-state index contributed by atoms with van der Waals surface area (Å²) in [5, 5.41) is 11.1. The molecule has 0 aliphatic carbocycles. The molecule has 3 aromatic rings. The van der Waals surface area contributed by atoms with Crippen LogP contribution in [0.3, 0.4) is 0 Å². The van der Waals surface area contributed by atoms with Crippen LogP contribution in [0.15, 0.2) is 84.9 Å². The van der Waals surface area contributed by atoms with Crippen LogP contribution in [0.5, 0.6) is 0 Å². The number of hydrogen-bond donors (Lipinski definition) is 2. The Morgan fingerprint density at radius 3 is 1.85 bits per heavy atom. The van der Waals surface area contributed by atoms with Crippen molar-refractivity contribution in [1.82, 2.24) is 5.32 Å². The summed E-state index contributed by atoms with van der Waals surface area (Å²) in [5.41, 5.74) is 3.52. The van der Waals surface area contributed by atoms with Crippen LogP contribution in [0.4, 0.5) is 4.79 Å². The summed E-state index contributed by atoms with van der Waals surface area (Å²) in [7, 11) is 0. The number of carbonyl (C=O) groups is 2. The highest BCUT2D eigenvalue weighted by Crippen LogP contribution is 2.11. The van der Waals surface area contributed by atoms with Gasteiger partial charge in [0.05, 0.1) is 6.61 Å². The molecule has 33 heavy (non-hydrogen) atoms. The summed E-state index contributed by atoms with van der Waals surface area (Å²) in [5.74, 6) is -0.548. The standard InChI is InChI=1S/C26H27NO6/c28-25(31-18-22-7-3-1-4-8-22)24(17-21-13-11-20(12-14-21)15-16-33-30)27-26(29)32-19-23-9-5-2-6-10-23/h1-14,24,30H,15-19H2,(H,27,29)/t24-/m0/s1. The SMILES string of the molecule is O=C(N[C@@H](Cc1ccc(CCOO)cc1)C(=O)OCc1ccccc1)OCc1ccccc1. The Morgan fingerprint density at radius 2 is 1.27 bits per heavy atom. The molecule has 0 fully saturated rings. The maximum Gasteiger partial charge on any atom is 0.408 e. The van der Waals surface area contributed by atoms with Crippen molar-refractivity contribution in [3.05, 3.63) is 107 Å². The number of nitrogens with one attached hydrogen (secondary N) is 1. The first-order valence-electron chi connectivity index (χ1n) is 10.7. The van der Waals surface area contributed by atoms with E-state index in [4.69, 9.17) is 14.7 Å². The van der Waals surface area contributed by atoms with Crippen LogP contribution >= 0.6 is 0 Å². The molecule has 0 spiro atoms. The zero-order valence-corrected chi connectivity index (χ0v) is 18.2. The highest BCUT2D eigenvalue weighted by atomic mass is 17.1. The van der Waals surface area contributed by atoms with Crippen LogP contribution in [0, 0.1) is 0 Å². The highest BCUT2D eigenvalue weighted by Gasteiger charge is 2.24. The van der Waals surface area contributed by atoms with Crippen LogP contribution in [-0.2, 0) is 45.2 Å². The van der Waals surface area contributed by atoms with Crippen LogP contribution in [-0.4, -0.2) is 30.0 Å². The topological polar surface area (TPSA) is 94.1 Å². The normalized spacial score (nSPS) is 11.4. The molecule has 172 valence electrons. The van der Waals surface area contributed by atoms with Crippen molar-refractivity contribution in [2.24, 2.45) is 0 Å². The lowest BCUT2D eigenvalue weighted by Gasteiger charge is -2.18. The van der Waals surface area contributed by atoms with E-state index >= 15 is 0 Å². The molecule has 0 bridgehead atoms. The Hall–Kier alpha value is -3.68. The molecular weight excluding hydrogens is 422 g/mol. The molecule has 0 radical (unpaired) electrons. The Kier molecular flexibility index (Phi) is 9.45. The van der Waals surface area contributed by atoms with Gasteiger partial charge in [0.25, 0.3) is 0 Å². The Balaban J connectivity index is 1.62. The van der Waals surface area contributed by atoms with Crippen molar-refractivity contribution < 1.29 is 29.2 Å². The van der Waals surface area contributed by atoms with Crippen LogP contribution in [0.1, 0.15) is 22.3 Å². The number of esters is 1. The third kappa shape index (κ3) is 8.40. The van der Waals surface area contributed by atoms with Crippen LogP contribution in [0.25, 0.3) is 0 Å². The van der Waals surface area contributed by atoms with E-state index in [-0.39, 0.29) is 26.2 Å². The molecule has 3 aromatic carbocycles. The Morgan fingerprint density at radius 1 is 0.727 bits per heavy atom. The average molecular weight is 450 g/mol. The van der Waals surface area contributed by atoms with Crippen molar-refractivity contribution in [3.8, 4) is 0 Å². The van der Waals surface area contributed by atoms with E-state index < -0.39 is 18.1 Å². The maximum absolute atomic E-state index is 12.8. The highest BCUT2D eigenvalue weighted by molar-refractivity contribution is 5.81. The van der Waals surface area contributed by atoms with Crippen molar-refractivity contribution in [1.29, 1.82) is 0 Å². The molecule has 2 N–H and O–H groups in total. The maximum atomic E-state index is 12.8. The van der Waals surface area contributed by atoms with Crippen LogP contribution in [0.2, 0.25) is 0 Å². The minimum atomic E-state index is -0.913. The van der Waals surface area contributed by atoms with E-state index in [1.807, 2.05) is 84.9 Å². The van der Waals surface area contributed by atoms with Gasteiger partial charge in [-0.3, -0.25) is 5.26 Å². The minimum absolute atomic E-state index is 0.0973. The molecule has 7 heteroatoms. The molecule has 7 nitrogen and oxygen atoms in total. The predicted molar refractivity (Wildman–Crippen MR) is 122 cm³/mol. The summed E-state index contributed by atoms with van der Waals surface area (Å²) in [6, 6.07) is 25.2. The van der Waals surface area contributed by atoms with Gasteiger partial charge in [0.15, 0.2) is 0 Å². The van der Waals surface area contributed by atoms with Gasteiger partial charge in [-0.05, 0) is 28.7 Å². The molecule has 0 heterocycles. The fraction of sp³-hybridized carbons (Fsp3) is 0.231. The van der Waals surface area contributed by atoms with E-state index in [1.165, 1.54) is 0 Å². The van der Waals surface area contributed by atoms with Crippen LogP contribution < -0.4 is 5.32 Å². The van der Waals surface area contributed by atoms with Crippen molar-refractivity contribution >= 4 is 12.1 Å². The molecule has 0 aliphatic heterocycles. The monoisotopic (exact) mass is 449 g/mol. The van der Waals surface area contributed by atoms with Gasteiger partial charge in [0.1, 0.15) is 19.3 Å². The van der Waals surface area contributed by atoms with Gasteiger partial charge >= 0.3 is 12.1 Å². The van der Waals surface area contributed by atoms with Gasteiger partial charge in [0, 0.05) is 6.42 Å². The fourth-order valence-electron chi connectivity index (χ4n) is 3.17. The number of hydrogen-bond acceptors (Lipinski definition) is 6. The molecule has 0 unspecified atom stereocenters. The van der Waals surface area contributed by atoms with Gasteiger partial charge in [-0.15, -0.1) is 0 Å². The zero-order valence-electron chi connectivity index (χ0n) is 18.2. The number of benzene rings is 3. The Labute approximate surface area is 192 Å². The summed E-state index contributed by atoms with van der Waals surface area (Å²) in [6.45, 7) is 0.402. The van der Waals surface area contributed by atoms with Gasteiger partial charge in [-0.2, -0.15) is 0 Å². The third-order valence-corrected chi connectivity index (χ3v) is 4.96. The molecule has 0 aromatic heterocycles. The summed E-state index contributed by atoms with van der Waals surface area (Å²) in [6.07, 6.45) is 0.103. The number of ether oxygens (including phenoxy) is 2. The largest absolute Gasteiger partial charge is 0.459 e. The first kappa shape index (κ1) is 24.0.